The van der Waals surface area contributed by atoms with Crippen LogP contribution in [-0.2, 0) is 10.2 Å². The molecule has 4 nitrogen and oxygen atoms in total. The number of nitrogens with zero attached hydrogens (tertiary/aromatic N) is 1. The Morgan fingerprint density at radius 1 is 1.17 bits per heavy atom. The molecule has 3 rings (SSSR count). The summed E-state index contributed by atoms with van der Waals surface area (Å²) in [4.78, 5) is 24.9. The first-order valence-electron chi connectivity index (χ1n) is 6.94. The van der Waals surface area contributed by atoms with Gasteiger partial charge in [-0.3, -0.25) is 4.79 Å². The van der Waals surface area contributed by atoms with E-state index in [9.17, 15) is 14.7 Å². The number of β-lactam (4-membered cyclic amide) rings is 1. The second-order valence-corrected chi connectivity index (χ2v) is 6.97. The molecule has 2 unspecified atom stereocenters. The lowest BCUT2D eigenvalue weighted by molar-refractivity contribution is -0.155. The zero-order valence-corrected chi connectivity index (χ0v) is 14.5. The number of hydrogen-bond donors (Lipinski definition) is 1. The molecule has 0 aromatic heterocycles. The van der Waals surface area contributed by atoms with Crippen LogP contribution in [-0.4, -0.2) is 22.0 Å². The molecule has 1 fully saturated rings. The molecule has 6 heteroatoms. The van der Waals surface area contributed by atoms with E-state index in [1.165, 1.54) is 0 Å². The maximum atomic E-state index is 12.6. The van der Waals surface area contributed by atoms with Crippen LogP contribution in [0, 0.1) is 0 Å². The summed E-state index contributed by atoms with van der Waals surface area (Å²) in [5, 5.41) is 9.95. The Morgan fingerprint density at radius 2 is 1.74 bits per heavy atom. The Bertz CT molecular complexity index is 775. The van der Waals surface area contributed by atoms with E-state index in [-0.39, 0.29) is 0 Å². The number of imide groups is 1. The lowest BCUT2D eigenvalue weighted by atomic mass is 9.65. The van der Waals surface area contributed by atoms with E-state index in [1.54, 1.807) is 31.2 Å². The van der Waals surface area contributed by atoms with Gasteiger partial charge in [0.2, 0.25) is 5.91 Å². The van der Waals surface area contributed by atoms with Gasteiger partial charge in [0.15, 0.2) is 0 Å². The van der Waals surface area contributed by atoms with Crippen molar-refractivity contribution >= 4 is 39.5 Å². The Hall–Kier alpha value is -1.85. The summed E-state index contributed by atoms with van der Waals surface area (Å²) in [6.45, 7) is 1.78. The van der Waals surface area contributed by atoms with Crippen LogP contribution < -0.4 is 0 Å². The predicted octanol–water partition coefficient (Wildman–Crippen LogP) is 4.62. The van der Waals surface area contributed by atoms with Gasteiger partial charge in [-0.25, -0.2) is 9.69 Å². The minimum atomic E-state index is -1.25. The molecular formula is C17H13BrClNO3. The molecule has 2 amide bonds. The van der Waals surface area contributed by atoms with Gasteiger partial charge >= 0.3 is 6.09 Å². The average molecular weight is 395 g/mol. The van der Waals surface area contributed by atoms with Gasteiger partial charge in [0.05, 0.1) is 11.5 Å². The molecule has 2 atom stereocenters. The minimum absolute atomic E-state index is 0.424. The van der Waals surface area contributed by atoms with Gasteiger partial charge < -0.3 is 5.11 Å². The lowest BCUT2D eigenvalue weighted by Gasteiger charge is -2.52. The van der Waals surface area contributed by atoms with E-state index >= 15 is 0 Å². The number of rotatable bonds is 2. The number of halogens is 2. The van der Waals surface area contributed by atoms with Gasteiger partial charge in [0.1, 0.15) is 0 Å². The first kappa shape index (κ1) is 16.0. The fourth-order valence-electron chi connectivity index (χ4n) is 3.08. The summed E-state index contributed by atoms with van der Waals surface area (Å²) < 4.78 is 0.898. The van der Waals surface area contributed by atoms with Crippen molar-refractivity contribution in [2.45, 2.75) is 18.4 Å². The van der Waals surface area contributed by atoms with Crippen molar-refractivity contribution in [1.82, 2.24) is 4.90 Å². The summed E-state index contributed by atoms with van der Waals surface area (Å²) in [6.07, 6.45) is -1.25. The molecule has 1 aliphatic rings. The van der Waals surface area contributed by atoms with E-state index in [0.717, 1.165) is 20.5 Å². The Kier molecular flexibility index (Phi) is 3.94. The summed E-state index contributed by atoms with van der Waals surface area (Å²) in [5.74, 6) is -0.424. The number of benzene rings is 2. The maximum Gasteiger partial charge on any atom is 0.414 e. The normalized spacial score (nSPS) is 23.5. The third-order valence-electron chi connectivity index (χ3n) is 4.30. The molecule has 23 heavy (non-hydrogen) atoms. The quantitative estimate of drug-likeness (QED) is 0.756. The molecule has 0 bridgehead atoms. The summed E-state index contributed by atoms with van der Waals surface area (Å²) >= 11 is 9.27. The van der Waals surface area contributed by atoms with E-state index in [4.69, 9.17) is 11.6 Å². The molecule has 1 N–H and O–H groups in total. The second-order valence-electron chi connectivity index (χ2n) is 5.62. The van der Waals surface area contributed by atoms with Crippen LogP contribution in [0.5, 0.6) is 0 Å². The first-order valence-corrected chi connectivity index (χ1v) is 8.11. The maximum absolute atomic E-state index is 12.6. The number of likely N-dealkylation sites (tertiary alicyclic amines) is 1. The zero-order valence-electron chi connectivity index (χ0n) is 12.2. The van der Waals surface area contributed by atoms with E-state index in [1.807, 2.05) is 24.3 Å². The monoisotopic (exact) mass is 393 g/mol. The summed E-state index contributed by atoms with van der Waals surface area (Å²) in [6, 6.07) is 13.7. The van der Waals surface area contributed by atoms with Crippen molar-refractivity contribution in [3.8, 4) is 0 Å². The largest absolute Gasteiger partial charge is 0.465 e. The fraction of sp³-hybridized carbons (Fsp3) is 0.176. The molecule has 2 aromatic carbocycles. The average Bonchev–Trinajstić information content (AvgIpc) is 2.52. The molecule has 1 saturated heterocycles. The number of amides is 2. The van der Waals surface area contributed by atoms with Gasteiger partial charge in [-0.1, -0.05) is 51.8 Å². The number of carboxylic acid groups (broad SMARTS) is 1. The predicted molar refractivity (Wildman–Crippen MR) is 90.6 cm³/mol. The molecule has 0 radical (unpaired) electrons. The SMILES string of the molecule is CC1(c2ccc(Br)cc2)C(=O)N(C(=O)O)C1c1ccc(Cl)cc1. The summed E-state index contributed by atoms with van der Waals surface area (Å²) in [7, 11) is 0. The standard InChI is InChI=1S/C17H13BrClNO3/c1-17(11-4-6-12(18)7-5-11)14(20(15(17)21)16(22)23)10-2-8-13(19)9-3-10/h2-9,14H,1H3,(H,22,23). The second kappa shape index (κ2) is 5.65. The fourth-order valence-corrected chi connectivity index (χ4v) is 3.47. The van der Waals surface area contributed by atoms with Crippen molar-refractivity contribution in [3.05, 3.63) is 69.2 Å². The Balaban J connectivity index is 2.10. The molecule has 0 aliphatic carbocycles. The van der Waals surface area contributed by atoms with Crippen LogP contribution in [0.15, 0.2) is 53.0 Å². The van der Waals surface area contributed by atoms with Crippen LogP contribution in [0.4, 0.5) is 4.79 Å². The van der Waals surface area contributed by atoms with Crippen LogP contribution >= 0.6 is 27.5 Å². The van der Waals surface area contributed by atoms with Gasteiger partial charge in [-0.2, -0.15) is 0 Å². The van der Waals surface area contributed by atoms with E-state index < -0.39 is 23.5 Å². The zero-order chi connectivity index (χ0) is 16.8. The highest BCUT2D eigenvalue weighted by molar-refractivity contribution is 9.10. The van der Waals surface area contributed by atoms with Crippen molar-refractivity contribution in [3.63, 3.8) is 0 Å². The third kappa shape index (κ3) is 2.44. The highest BCUT2D eigenvalue weighted by atomic mass is 79.9. The highest BCUT2D eigenvalue weighted by Crippen LogP contribution is 2.51. The van der Waals surface area contributed by atoms with Crippen LogP contribution in [0.2, 0.25) is 5.02 Å². The highest BCUT2D eigenvalue weighted by Gasteiger charge is 2.61. The van der Waals surface area contributed by atoms with E-state index in [2.05, 4.69) is 15.9 Å². The first-order chi connectivity index (χ1) is 10.9. The van der Waals surface area contributed by atoms with Crippen LogP contribution in [0.3, 0.4) is 0 Å². The molecule has 118 valence electrons. The number of hydrogen-bond acceptors (Lipinski definition) is 2. The third-order valence-corrected chi connectivity index (χ3v) is 5.08. The Labute approximate surface area is 146 Å². The van der Waals surface area contributed by atoms with Crippen LogP contribution in [0.25, 0.3) is 0 Å². The molecular weight excluding hydrogens is 382 g/mol. The number of carbonyl (C=O) groups is 2. The van der Waals surface area contributed by atoms with Crippen molar-refractivity contribution in [1.29, 1.82) is 0 Å². The van der Waals surface area contributed by atoms with E-state index in [0.29, 0.717) is 5.02 Å². The number of carbonyl (C=O) groups excluding carboxylic acids is 1. The molecule has 1 aliphatic heterocycles. The lowest BCUT2D eigenvalue weighted by Crippen LogP contribution is -2.66. The molecule has 0 spiro atoms. The van der Waals surface area contributed by atoms with Crippen LogP contribution in [0.1, 0.15) is 24.1 Å². The topological polar surface area (TPSA) is 57.6 Å². The molecule has 1 heterocycles. The molecule has 2 aromatic rings. The Morgan fingerprint density at radius 3 is 2.26 bits per heavy atom. The van der Waals surface area contributed by atoms with Crippen molar-refractivity contribution in [2.24, 2.45) is 0 Å². The molecule has 0 saturated carbocycles. The van der Waals surface area contributed by atoms with Crippen molar-refractivity contribution in [2.75, 3.05) is 0 Å². The summed E-state index contributed by atoms with van der Waals surface area (Å²) in [5.41, 5.74) is 0.595. The minimum Gasteiger partial charge on any atom is -0.465 e. The van der Waals surface area contributed by atoms with Crippen molar-refractivity contribution < 1.29 is 14.7 Å². The van der Waals surface area contributed by atoms with Gasteiger partial charge in [0.25, 0.3) is 0 Å². The smallest absolute Gasteiger partial charge is 0.414 e. The van der Waals surface area contributed by atoms with Gasteiger partial charge in [-0.15, -0.1) is 0 Å². The van der Waals surface area contributed by atoms with Gasteiger partial charge in [-0.05, 0) is 42.3 Å². The van der Waals surface area contributed by atoms with Gasteiger partial charge in [0, 0.05) is 9.50 Å².